The highest BCUT2D eigenvalue weighted by Gasteiger charge is 2.16. The highest BCUT2D eigenvalue weighted by atomic mass is 16.1. The quantitative estimate of drug-likeness (QED) is 0.623. The largest absolute Gasteiger partial charge is 0.383 e. The first-order chi connectivity index (χ1) is 10.1. The van der Waals surface area contributed by atoms with Crippen molar-refractivity contribution in [3.63, 3.8) is 0 Å². The van der Waals surface area contributed by atoms with Gasteiger partial charge < -0.3 is 4.90 Å². The van der Waals surface area contributed by atoms with Gasteiger partial charge in [-0.05, 0) is 0 Å². The molecule has 2 aromatic carbocycles. The van der Waals surface area contributed by atoms with E-state index in [4.69, 9.17) is 0 Å². The summed E-state index contributed by atoms with van der Waals surface area (Å²) < 4.78 is 0. The molecule has 106 valence electrons. The van der Waals surface area contributed by atoms with E-state index in [1.165, 1.54) is 6.08 Å². The van der Waals surface area contributed by atoms with Crippen LogP contribution in [0.4, 0.5) is 0 Å². The molecule has 0 aromatic heterocycles. The standard InChI is InChI=1S/C18H17NO2/c1-19(2)13-12-17(20)15-10-6-7-11-16(15)18(21)14-8-4-3-5-9-14/h3-13H,1-2H3/b13-12+. The van der Waals surface area contributed by atoms with E-state index in [1.54, 1.807) is 47.5 Å². The van der Waals surface area contributed by atoms with Crippen LogP contribution in [-0.2, 0) is 0 Å². The van der Waals surface area contributed by atoms with Crippen molar-refractivity contribution in [1.29, 1.82) is 0 Å². The number of carbonyl (C=O) groups is 2. The number of hydrogen-bond acceptors (Lipinski definition) is 3. The maximum Gasteiger partial charge on any atom is 0.193 e. The normalized spacial score (nSPS) is 10.6. The molecule has 2 aromatic rings. The summed E-state index contributed by atoms with van der Waals surface area (Å²) in [6.45, 7) is 0. The molecule has 3 heteroatoms. The molecule has 0 aliphatic rings. The van der Waals surface area contributed by atoms with Gasteiger partial charge in [-0.2, -0.15) is 0 Å². The zero-order valence-electron chi connectivity index (χ0n) is 12.1. The molecule has 0 aliphatic heterocycles. The fraction of sp³-hybridized carbons (Fsp3) is 0.111. The van der Waals surface area contributed by atoms with Crippen LogP contribution in [0.5, 0.6) is 0 Å². The van der Waals surface area contributed by atoms with Gasteiger partial charge in [0.1, 0.15) is 0 Å². The maximum atomic E-state index is 12.5. The highest BCUT2D eigenvalue weighted by molar-refractivity contribution is 6.17. The van der Waals surface area contributed by atoms with Gasteiger partial charge in [-0.25, -0.2) is 0 Å². The average Bonchev–Trinajstić information content (AvgIpc) is 2.52. The van der Waals surface area contributed by atoms with Crippen LogP contribution in [0.15, 0.2) is 66.9 Å². The minimum Gasteiger partial charge on any atom is -0.383 e. The van der Waals surface area contributed by atoms with E-state index in [0.29, 0.717) is 16.7 Å². The molecular weight excluding hydrogens is 262 g/mol. The lowest BCUT2D eigenvalue weighted by atomic mass is 9.96. The lowest BCUT2D eigenvalue weighted by Gasteiger charge is -2.07. The first kappa shape index (κ1) is 14.7. The second kappa shape index (κ2) is 6.66. The number of nitrogens with zero attached hydrogens (tertiary/aromatic N) is 1. The molecule has 0 spiro atoms. The Hall–Kier alpha value is -2.68. The van der Waals surface area contributed by atoms with Gasteiger partial charge in [-0.15, -0.1) is 0 Å². The first-order valence-electron chi connectivity index (χ1n) is 6.67. The fourth-order valence-electron chi connectivity index (χ4n) is 1.95. The van der Waals surface area contributed by atoms with Gasteiger partial charge in [0.05, 0.1) is 0 Å². The van der Waals surface area contributed by atoms with E-state index < -0.39 is 0 Å². The Balaban J connectivity index is 2.38. The van der Waals surface area contributed by atoms with E-state index in [-0.39, 0.29) is 11.6 Å². The lowest BCUT2D eigenvalue weighted by Crippen LogP contribution is -2.09. The minimum atomic E-state index is -0.177. The van der Waals surface area contributed by atoms with E-state index in [1.807, 2.05) is 32.3 Å². The Kier molecular flexibility index (Phi) is 4.67. The smallest absolute Gasteiger partial charge is 0.193 e. The van der Waals surface area contributed by atoms with Crippen LogP contribution in [0.2, 0.25) is 0 Å². The third-order valence-electron chi connectivity index (χ3n) is 3.00. The molecule has 0 fully saturated rings. The Morgan fingerprint density at radius 1 is 0.857 bits per heavy atom. The van der Waals surface area contributed by atoms with Crippen LogP contribution in [0.1, 0.15) is 26.3 Å². The van der Waals surface area contributed by atoms with Crippen molar-refractivity contribution < 1.29 is 9.59 Å². The van der Waals surface area contributed by atoms with E-state index in [9.17, 15) is 9.59 Å². The molecule has 0 unspecified atom stereocenters. The first-order valence-corrected chi connectivity index (χ1v) is 6.67. The summed E-state index contributed by atoms with van der Waals surface area (Å²) in [5.41, 5.74) is 1.43. The topological polar surface area (TPSA) is 37.4 Å². The number of benzene rings is 2. The van der Waals surface area contributed by atoms with Crippen molar-refractivity contribution in [3.05, 3.63) is 83.6 Å². The minimum absolute atomic E-state index is 0.141. The third kappa shape index (κ3) is 3.66. The van der Waals surface area contributed by atoms with Crippen molar-refractivity contribution in [2.45, 2.75) is 0 Å². The summed E-state index contributed by atoms with van der Waals surface area (Å²) in [7, 11) is 3.68. The molecule has 0 saturated carbocycles. The summed E-state index contributed by atoms with van der Waals surface area (Å²) in [4.78, 5) is 26.5. The van der Waals surface area contributed by atoms with Crippen LogP contribution >= 0.6 is 0 Å². The van der Waals surface area contributed by atoms with Gasteiger partial charge in [0, 0.05) is 43.1 Å². The van der Waals surface area contributed by atoms with Gasteiger partial charge in [0.25, 0.3) is 0 Å². The Bertz CT molecular complexity index is 673. The molecule has 0 aliphatic carbocycles. The molecule has 0 bridgehead atoms. The molecule has 2 rings (SSSR count). The van der Waals surface area contributed by atoms with Crippen molar-refractivity contribution in [2.75, 3.05) is 14.1 Å². The predicted molar refractivity (Wildman–Crippen MR) is 83.5 cm³/mol. The van der Waals surface area contributed by atoms with Crippen LogP contribution in [0.25, 0.3) is 0 Å². The van der Waals surface area contributed by atoms with Crippen molar-refractivity contribution in [2.24, 2.45) is 0 Å². The zero-order valence-corrected chi connectivity index (χ0v) is 12.1. The van der Waals surface area contributed by atoms with Crippen molar-refractivity contribution in [1.82, 2.24) is 4.90 Å². The van der Waals surface area contributed by atoms with E-state index >= 15 is 0 Å². The Morgan fingerprint density at radius 2 is 1.43 bits per heavy atom. The summed E-state index contributed by atoms with van der Waals surface area (Å²) >= 11 is 0. The van der Waals surface area contributed by atoms with Gasteiger partial charge in [0.2, 0.25) is 0 Å². The molecule has 0 amide bonds. The van der Waals surface area contributed by atoms with Gasteiger partial charge >= 0.3 is 0 Å². The molecule has 0 saturated heterocycles. The molecular formula is C18H17NO2. The molecule has 21 heavy (non-hydrogen) atoms. The Morgan fingerprint density at radius 3 is 2.05 bits per heavy atom. The maximum absolute atomic E-state index is 12.5. The van der Waals surface area contributed by atoms with Crippen LogP contribution in [0.3, 0.4) is 0 Å². The second-order valence-corrected chi connectivity index (χ2v) is 4.88. The average molecular weight is 279 g/mol. The van der Waals surface area contributed by atoms with Gasteiger partial charge in [0.15, 0.2) is 11.6 Å². The van der Waals surface area contributed by atoms with Crippen LogP contribution in [0, 0.1) is 0 Å². The number of allylic oxidation sites excluding steroid dienone is 1. The summed E-state index contributed by atoms with van der Waals surface area (Å²) in [6.07, 6.45) is 3.14. The molecule has 0 atom stereocenters. The monoisotopic (exact) mass is 279 g/mol. The zero-order chi connectivity index (χ0) is 15.2. The van der Waals surface area contributed by atoms with Crippen LogP contribution in [-0.4, -0.2) is 30.6 Å². The molecule has 0 radical (unpaired) electrons. The number of carbonyl (C=O) groups excluding carboxylic acids is 2. The van der Waals surface area contributed by atoms with Crippen molar-refractivity contribution in [3.8, 4) is 0 Å². The molecule has 0 N–H and O–H groups in total. The second-order valence-electron chi connectivity index (χ2n) is 4.88. The number of ketones is 2. The summed E-state index contributed by atoms with van der Waals surface area (Å²) in [5.74, 6) is -0.318. The predicted octanol–water partition coefficient (Wildman–Crippen LogP) is 3.18. The number of rotatable bonds is 5. The van der Waals surface area contributed by atoms with Gasteiger partial charge in [-0.3, -0.25) is 9.59 Å². The molecule has 3 nitrogen and oxygen atoms in total. The SMILES string of the molecule is CN(C)/C=C/C(=O)c1ccccc1C(=O)c1ccccc1. The van der Waals surface area contributed by atoms with E-state index in [2.05, 4.69) is 0 Å². The molecule has 0 heterocycles. The van der Waals surface area contributed by atoms with Crippen LogP contribution < -0.4 is 0 Å². The fourth-order valence-corrected chi connectivity index (χ4v) is 1.95. The summed E-state index contributed by atoms with van der Waals surface area (Å²) in [6, 6.07) is 15.9. The summed E-state index contributed by atoms with van der Waals surface area (Å²) in [5, 5.41) is 0. The highest BCUT2D eigenvalue weighted by Crippen LogP contribution is 2.15. The van der Waals surface area contributed by atoms with E-state index in [0.717, 1.165) is 0 Å². The van der Waals surface area contributed by atoms with Crippen molar-refractivity contribution >= 4 is 11.6 Å². The van der Waals surface area contributed by atoms with Gasteiger partial charge in [-0.1, -0.05) is 54.6 Å². The third-order valence-corrected chi connectivity index (χ3v) is 3.00. The lowest BCUT2D eigenvalue weighted by molar-refractivity contribution is 0.101. The Labute approximate surface area is 124 Å². The number of hydrogen-bond donors (Lipinski definition) is 0.